The van der Waals surface area contributed by atoms with Gasteiger partial charge in [-0.3, -0.25) is 0 Å². The number of hydrogen-bond acceptors (Lipinski definition) is 2. The smallest absolute Gasteiger partial charge is 0.118 e. The standard InChI is InChI=1S/C11H20O2/c1-10(8-12)11(2,13-10)9-6-4-3-5-7-9/h9,12H,3-8H2,1-2H3/t10-,11+/m0/s1. The Labute approximate surface area is 80.3 Å². The zero-order valence-electron chi connectivity index (χ0n) is 8.68. The molecule has 0 amide bonds. The van der Waals surface area contributed by atoms with Crippen molar-refractivity contribution >= 4 is 0 Å². The van der Waals surface area contributed by atoms with Crippen molar-refractivity contribution in [2.24, 2.45) is 5.92 Å². The molecule has 1 saturated heterocycles. The average Bonchev–Trinajstić information content (AvgIpc) is 2.74. The van der Waals surface area contributed by atoms with Gasteiger partial charge in [0.15, 0.2) is 0 Å². The third-order valence-corrected chi connectivity index (χ3v) is 4.13. The molecule has 0 bridgehead atoms. The lowest BCUT2D eigenvalue weighted by Crippen LogP contribution is -2.32. The Morgan fingerprint density at radius 1 is 1.23 bits per heavy atom. The van der Waals surface area contributed by atoms with Crippen LogP contribution in [0.5, 0.6) is 0 Å². The molecule has 1 heterocycles. The van der Waals surface area contributed by atoms with Crippen molar-refractivity contribution in [2.75, 3.05) is 6.61 Å². The second kappa shape index (κ2) is 2.96. The van der Waals surface area contributed by atoms with Crippen LogP contribution in [0.2, 0.25) is 0 Å². The normalized spacial score (nSPS) is 46.4. The van der Waals surface area contributed by atoms with Crippen molar-refractivity contribution < 1.29 is 9.84 Å². The number of epoxide rings is 1. The predicted molar refractivity (Wildman–Crippen MR) is 51.6 cm³/mol. The Morgan fingerprint density at radius 2 is 1.85 bits per heavy atom. The minimum absolute atomic E-state index is 0.0256. The summed E-state index contributed by atoms with van der Waals surface area (Å²) in [4.78, 5) is 0. The van der Waals surface area contributed by atoms with Gasteiger partial charge in [-0.2, -0.15) is 0 Å². The van der Waals surface area contributed by atoms with Crippen molar-refractivity contribution in [3.63, 3.8) is 0 Å². The summed E-state index contributed by atoms with van der Waals surface area (Å²) in [5, 5.41) is 9.21. The van der Waals surface area contributed by atoms with Crippen LogP contribution < -0.4 is 0 Å². The summed E-state index contributed by atoms with van der Waals surface area (Å²) < 4.78 is 5.73. The molecule has 1 aliphatic carbocycles. The highest BCUT2D eigenvalue weighted by atomic mass is 16.6. The predicted octanol–water partition coefficient (Wildman–Crippen LogP) is 2.11. The molecule has 0 aromatic rings. The van der Waals surface area contributed by atoms with E-state index in [1.807, 2.05) is 6.92 Å². The second-order valence-corrected chi connectivity index (χ2v) is 4.93. The van der Waals surface area contributed by atoms with Crippen LogP contribution in [0.15, 0.2) is 0 Å². The zero-order chi connectivity index (χ0) is 9.53. The number of aliphatic hydroxyl groups excluding tert-OH is 1. The molecule has 2 fully saturated rings. The van der Waals surface area contributed by atoms with Crippen LogP contribution in [0, 0.1) is 5.92 Å². The lowest BCUT2D eigenvalue weighted by atomic mass is 9.76. The minimum Gasteiger partial charge on any atom is -0.393 e. The molecule has 0 radical (unpaired) electrons. The Hall–Kier alpha value is -0.0800. The van der Waals surface area contributed by atoms with E-state index in [1.54, 1.807) is 0 Å². The molecule has 2 aliphatic rings. The van der Waals surface area contributed by atoms with E-state index in [-0.39, 0.29) is 17.8 Å². The van der Waals surface area contributed by atoms with Crippen LogP contribution in [0.1, 0.15) is 46.0 Å². The van der Waals surface area contributed by atoms with Gasteiger partial charge in [0.1, 0.15) is 11.2 Å². The summed E-state index contributed by atoms with van der Waals surface area (Å²) in [5.74, 6) is 0.679. The molecule has 2 nitrogen and oxygen atoms in total. The largest absolute Gasteiger partial charge is 0.393 e. The summed E-state index contributed by atoms with van der Waals surface area (Å²) in [7, 11) is 0. The first-order valence-corrected chi connectivity index (χ1v) is 5.43. The molecular weight excluding hydrogens is 164 g/mol. The fraction of sp³-hybridized carbons (Fsp3) is 1.00. The van der Waals surface area contributed by atoms with Crippen molar-refractivity contribution in [1.29, 1.82) is 0 Å². The molecule has 0 aromatic heterocycles. The van der Waals surface area contributed by atoms with Gasteiger partial charge in [-0.25, -0.2) is 0 Å². The Balaban J connectivity index is 2.01. The van der Waals surface area contributed by atoms with E-state index in [1.165, 1.54) is 32.1 Å². The molecule has 2 heteroatoms. The fourth-order valence-electron chi connectivity index (χ4n) is 2.80. The van der Waals surface area contributed by atoms with Crippen LogP contribution in [0.4, 0.5) is 0 Å². The van der Waals surface area contributed by atoms with E-state index in [0.29, 0.717) is 5.92 Å². The molecule has 76 valence electrons. The van der Waals surface area contributed by atoms with Crippen molar-refractivity contribution in [3.8, 4) is 0 Å². The maximum atomic E-state index is 9.21. The van der Waals surface area contributed by atoms with Crippen LogP contribution in [0.3, 0.4) is 0 Å². The van der Waals surface area contributed by atoms with E-state index in [4.69, 9.17) is 4.74 Å². The number of aliphatic hydroxyl groups is 1. The lowest BCUT2D eigenvalue weighted by Gasteiger charge is -2.27. The van der Waals surface area contributed by atoms with Crippen molar-refractivity contribution in [1.82, 2.24) is 0 Å². The summed E-state index contributed by atoms with van der Waals surface area (Å²) in [5.41, 5.74) is -0.267. The molecule has 0 aromatic carbocycles. The molecule has 2 rings (SSSR count). The molecule has 0 spiro atoms. The Morgan fingerprint density at radius 3 is 2.31 bits per heavy atom. The maximum absolute atomic E-state index is 9.21. The summed E-state index contributed by atoms with van der Waals surface area (Å²) in [6.45, 7) is 4.36. The quantitative estimate of drug-likeness (QED) is 0.667. The zero-order valence-corrected chi connectivity index (χ0v) is 8.68. The third kappa shape index (κ3) is 1.31. The molecular formula is C11H20O2. The highest BCUT2D eigenvalue weighted by Gasteiger charge is 2.66. The van der Waals surface area contributed by atoms with E-state index in [2.05, 4.69) is 6.92 Å². The summed E-state index contributed by atoms with van der Waals surface area (Å²) >= 11 is 0. The van der Waals surface area contributed by atoms with Gasteiger partial charge >= 0.3 is 0 Å². The molecule has 1 N–H and O–H groups in total. The van der Waals surface area contributed by atoms with Crippen LogP contribution >= 0.6 is 0 Å². The first kappa shape index (κ1) is 9.47. The van der Waals surface area contributed by atoms with Crippen molar-refractivity contribution in [3.05, 3.63) is 0 Å². The molecule has 1 saturated carbocycles. The molecule has 13 heavy (non-hydrogen) atoms. The van der Waals surface area contributed by atoms with Gasteiger partial charge in [0.2, 0.25) is 0 Å². The molecule has 2 atom stereocenters. The molecule has 1 aliphatic heterocycles. The molecule has 0 unspecified atom stereocenters. The first-order valence-electron chi connectivity index (χ1n) is 5.43. The summed E-state index contributed by atoms with van der Waals surface area (Å²) in [6, 6.07) is 0. The highest BCUT2D eigenvalue weighted by molar-refractivity contribution is 5.13. The van der Waals surface area contributed by atoms with Gasteiger partial charge in [0.25, 0.3) is 0 Å². The van der Waals surface area contributed by atoms with E-state index < -0.39 is 0 Å². The van der Waals surface area contributed by atoms with Gasteiger partial charge in [0.05, 0.1) is 6.61 Å². The topological polar surface area (TPSA) is 32.8 Å². The minimum atomic E-state index is -0.241. The average molecular weight is 184 g/mol. The van der Waals surface area contributed by atoms with Crippen LogP contribution in [-0.2, 0) is 4.74 Å². The highest BCUT2D eigenvalue weighted by Crippen LogP contribution is 2.55. The van der Waals surface area contributed by atoms with Gasteiger partial charge in [-0.05, 0) is 32.6 Å². The second-order valence-electron chi connectivity index (χ2n) is 4.93. The van der Waals surface area contributed by atoms with Gasteiger partial charge in [0, 0.05) is 0 Å². The van der Waals surface area contributed by atoms with Gasteiger partial charge in [-0.15, -0.1) is 0 Å². The van der Waals surface area contributed by atoms with E-state index in [9.17, 15) is 5.11 Å². The van der Waals surface area contributed by atoms with Gasteiger partial charge < -0.3 is 9.84 Å². The SMILES string of the molecule is C[C@@]1(CO)O[C@]1(C)C1CCCCC1. The number of hydrogen-bond donors (Lipinski definition) is 1. The van der Waals surface area contributed by atoms with E-state index in [0.717, 1.165) is 0 Å². The van der Waals surface area contributed by atoms with Crippen LogP contribution in [0.25, 0.3) is 0 Å². The fourth-order valence-corrected chi connectivity index (χ4v) is 2.80. The maximum Gasteiger partial charge on any atom is 0.118 e. The first-order chi connectivity index (χ1) is 6.12. The summed E-state index contributed by atoms with van der Waals surface area (Å²) in [6.07, 6.45) is 6.62. The van der Waals surface area contributed by atoms with Gasteiger partial charge in [-0.1, -0.05) is 19.3 Å². The monoisotopic (exact) mass is 184 g/mol. The third-order valence-electron chi connectivity index (χ3n) is 4.13. The van der Waals surface area contributed by atoms with Crippen LogP contribution in [-0.4, -0.2) is 22.9 Å². The number of ether oxygens (including phenoxy) is 1. The van der Waals surface area contributed by atoms with E-state index >= 15 is 0 Å². The van der Waals surface area contributed by atoms with Crippen molar-refractivity contribution in [2.45, 2.75) is 57.2 Å². The Bertz CT molecular complexity index is 198. The number of rotatable bonds is 2. The lowest BCUT2D eigenvalue weighted by molar-refractivity contribution is 0.170. The Kier molecular flexibility index (Phi) is 2.16.